The van der Waals surface area contributed by atoms with E-state index in [1.54, 1.807) is 0 Å². The van der Waals surface area contributed by atoms with Gasteiger partial charge in [-0.2, -0.15) is 0 Å². The van der Waals surface area contributed by atoms with Gasteiger partial charge in [-0.1, -0.05) is 323 Å². The first-order valence-electron chi connectivity index (χ1n) is 37.3. The molecule has 0 aromatic carbocycles. The minimum atomic E-state index is -4.95. The van der Waals surface area contributed by atoms with Gasteiger partial charge in [-0.25, -0.2) is 9.13 Å². The summed E-state index contributed by atoms with van der Waals surface area (Å²) in [6.45, 7) is 4.96. The van der Waals surface area contributed by atoms with Gasteiger partial charge in [0.05, 0.1) is 26.4 Å². The summed E-state index contributed by atoms with van der Waals surface area (Å²) in [5.74, 6) is -2.12. The number of phosphoric acid groups is 2. The van der Waals surface area contributed by atoms with Gasteiger partial charge in [0, 0.05) is 25.7 Å². The van der Waals surface area contributed by atoms with E-state index in [0.29, 0.717) is 25.7 Å². The molecule has 0 heterocycles. The molecule has 90 heavy (non-hydrogen) atoms. The van der Waals surface area contributed by atoms with Crippen LogP contribution < -0.4 is 0 Å². The van der Waals surface area contributed by atoms with Crippen molar-refractivity contribution in [2.24, 2.45) is 0 Å². The molecule has 0 saturated carbocycles. The predicted molar refractivity (Wildman–Crippen MR) is 363 cm³/mol. The molecule has 2 unspecified atom stereocenters. The molecule has 3 N–H and O–H groups in total. The minimum Gasteiger partial charge on any atom is -0.462 e. The van der Waals surface area contributed by atoms with E-state index in [-0.39, 0.29) is 25.7 Å². The Morgan fingerprint density at radius 1 is 0.267 bits per heavy atom. The summed E-state index contributed by atoms with van der Waals surface area (Å²) in [4.78, 5) is 72.6. The van der Waals surface area contributed by atoms with Crippen molar-refractivity contribution in [2.75, 3.05) is 39.6 Å². The van der Waals surface area contributed by atoms with E-state index in [0.717, 1.165) is 89.9 Å². The summed E-state index contributed by atoms with van der Waals surface area (Å²) in [6, 6.07) is 0. The Morgan fingerprint density at radius 3 is 0.656 bits per heavy atom. The minimum absolute atomic E-state index is 0.108. The van der Waals surface area contributed by atoms with E-state index in [1.807, 2.05) is 0 Å². The Hall–Kier alpha value is -1.94. The van der Waals surface area contributed by atoms with Gasteiger partial charge in [0.15, 0.2) is 12.2 Å². The van der Waals surface area contributed by atoms with Crippen LogP contribution in [-0.4, -0.2) is 96.7 Å². The summed E-state index contributed by atoms with van der Waals surface area (Å²) in [5.41, 5.74) is 0. The third-order valence-corrected chi connectivity index (χ3v) is 18.5. The molecule has 5 atom stereocenters. The summed E-state index contributed by atoms with van der Waals surface area (Å²) in [5, 5.41) is 10.6. The number of unbranched alkanes of at least 4 members (excludes halogenated alkanes) is 46. The molecule has 0 fully saturated rings. The van der Waals surface area contributed by atoms with Crippen LogP contribution in [0.5, 0.6) is 0 Å². The zero-order chi connectivity index (χ0) is 66.1. The average Bonchev–Trinajstić information content (AvgIpc) is 3.09. The zero-order valence-electron chi connectivity index (χ0n) is 58.1. The maximum Gasteiger partial charge on any atom is 0.472 e. The van der Waals surface area contributed by atoms with Crippen LogP contribution in [0, 0.1) is 0 Å². The van der Waals surface area contributed by atoms with Gasteiger partial charge in [0.25, 0.3) is 0 Å². The molecule has 0 bridgehead atoms. The topological polar surface area (TPSA) is 237 Å². The number of hydrogen-bond acceptors (Lipinski definition) is 15. The first kappa shape index (κ1) is 88.1. The quantitative estimate of drug-likeness (QED) is 0.0222. The van der Waals surface area contributed by atoms with E-state index in [9.17, 15) is 43.2 Å². The summed E-state index contributed by atoms with van der Waals surface area (Å²) in [7, 11) is -9.90. The molecule has 0 rings (SSSR count). The second kappa shape index (κ2) is 65.7. The van der Waals surface area contributed by atoms with Crippen LogP contribution in [-0.2, 0) is 65.4 Å². The van der Waals surface area contributed by atoms with Crippen LogP contribution >= 0.6 is 15.6 Å². The van der Waals surface area contributed by atoms with Crippen molar-refractivity contribution in [1.82, 2.24) is 0 Å². The van der Waals surface area contributed by atoms with Gasteiger partial charge in [-0.15, -0.1) is 0 Å². The predicted octanol–water partition coefficient (Wildman–Crippen LogP) is 20.7. The lowest BCUT2D eigenvalue weighted by molar-refractivity contribution is -0.161. The summed E-state index contributed by atoms with van der Waals surface area (Å²) >= 11 is 0. The van der Waals surface area contributed by atoms with Gasteiger partial charge in [0.2, 0.25) is 0 Å². The largest absolute Gasteiger partial charge is 0.472 e. The number of ether oxygens (including phenoxy) is 4. The molecular weight excluding hydrogens is 1190 g/mol. The third kappa shape index (κ3) is 64.8. The van der Waals surface area contributed by atoms with Crippen molar-refractivity contribution < 1.29 is 80.2 Å². The number of rotatable bonds is 72. The number of esters is 4. The molecular formula is C71H138O17P2. The second-order valence-corrected chi connectivity index (χ2v) is 28.5. The van der Waals surface area contributed by atoms with Crippen LogP contribution in [0.15, 0.2) is 0 Å². The Kier molecular flexibility index (Phi) is 64.3. The number of phosphoric ester groups is 2. The van der Waals surface area contributed by atoms with Crippen molar-refractivity contribution in [1.29, 1.82) is 0 Å². The molecule has 534 valence electrons. The van der Waals surface area contributed by atoms with Gasteiger partial charge in [-0.3, -0.25) is 37.3 Å². The van der Waals surface area contributed by atoms with Crippen molar-refractivity contribution >= 4 is 39.5 Å². The lowest BCUT2D eigenvalue weighted by Crippen LogP contribution is -2.30. The molecule has 0 saturated heterocycles. The average molecular weight is 1330 g/mol. The van der Waals surface area contributed by atoms with Crippen molar-refractivity contribution in [3.63, 3.8) is 0 Å². The van der Waals surface area contributed by atoms with Crippen molar-refractivity contribution in [3.8, 4) is 0 Å². The number of carbonyl (C=O) groups is 4. The smallest absolute Gasteiger partial charge is 0.462 e. The van der Waals surface area contributed by atoms with Crippen LogP contribution in [0.3, 0.4) is 0 Å². The first-order chi connectivity index (χ1) is 43.7. The van der Waals surface area contributed by atoms with Gasteiger partial charge < -0.3 is 33.8 Å². The van der Waals surface area contributed by atoms with Crippen LogP contribution in [0.1, 0.15) is 374 Å². The lowest BCUT2D eigenvalue weighted by atomic mass is 10.0. The van der Waals surface area contributed by atoms with E-state index < -0.39 is 97.5 Å². The highest BCUT2D eigenvalue weighted by atomic mass is 31.2. The Labute approximate surface area is 549 Å². The van der Waals surface area contributed by atoms with Gasteiger partial charge in [0.1, 0.15) is 19.3 Å². The molecule has 0 aliphatic heterocycles. The van der Waals surface area contributed by atoms with Gasteiger partial charge in [-0.05, 0) is 25.7 Å². The molecule has 0 aromatic rings. The molecule has 0 aliphatic rings. The van der Waals surface area contributed by atoms with E-state index in [1.165, 1.54) is 205 Å². The monoisotopic (exact) mass is 1320 g/mol. The molecule has 19 heteroatoms. The fourth-order valence-corrected chi connectivity index (χ4v) is 12.4. The number of aliphatic hydroxyl groups excluding tert-OH is 1. The van der Waals surface area contributed by atoms with Gasteiger partial charge >= 0.3 is 39.5 Å². The highest BCUT2D eigenvalue weighted by molar-refractivity contribution is 7.47. The van der Waals surface area contributed by atoms with Crippen molar-refractivity contribution in [2.45, 2.75) is 393 Å². The van der Waals surface area contributed by atoms with E-state index >= 15 is 0 Å². The number of carbonyl (C=O) groups excluding carboxylic acids is 4. The SMILES string of the molecule is CCCCCCCCCCCCCCCCC(=O)O[C@H](COC(=O)CCCCCCCCCCCCCCC)COP(=O)(O)OC[C@@H](O)COP(=O)(O)OC[C@@H](COC(=O)CCCCCCCCCCCCC)OC(=O)CCCCCCCCCCCCCC. The molecule has 17 nitrogen and oxygen atoms in total. The standard InChI is InChI=1S/C71H138O17P2/c1-5-9-13-17-21-25-29-32-34-38-42-46-50-54-58-71(76)88-67(62-82-69(74)56-52-48-44-40-37-33-30-26-22-18-14-10-6-2)64-86-90(79,80)84-60-65(72)59-83-89(77,78)85-63-66(61-81-68(73)55-51-47-43-39-35-28-24-20-16-12-8-4)87-70(75)57-53-49-45-41-36-31-27-23-19-15-11-7-3/h65-67,72H,5-64H2,1-4H3,(H,77,78)(H,79,80)/t65-,66+,67+/m0/s1. The Morgan fingerprint density at radius 2 is 0.444 bits per heavy atom. The Bertz CT molecular complexity index is 1720. The molecule has 0 amide bonds. The first-order valence-corrected chi connectivity index (χ1v) is 40.3. The Balaban J connectivity index is 5.25. The third-order valence-electron chi connectivity index (χ3n) is 16.6. The molecule has 0 aliphatic carbocycles. The van der Waals surface area contributed by atoms with Crippen LogP contribution in [0.2, 0.25) is 0 Å². The summed E-state index contributed by atoms with van der Waals surface area (Å²) in [6.07, 6.45) is 53.8. The molecule has 0 aromatic heterocycles. The highest BCUT2D eigenvalue weighted by Gasteiger charge is 2.30. The maximum atomic E-state index is 13.0. The normalized spacial score (nSPS) is 14.0. The molecule has 0 spiro atoms. The maximum absolute atomic E-state index is 13.0. The van der Waals surface area contributed by atoms with Crippen LogP contribution in [0.25, 0.3) is 0 Å². The molecule has 0 radical (unpaired) electrons. The lowest BCUT2D eigenvalue weighted by Gasteiger charge is -2.21. The van der Waals surface area contributed by atoms with E-state index in [2.05, 4.69) is 27.7 Å². The number of aliphatic hydroxyl groups is 1. The van der Waals surface area contributed by atoms with Crippen molar-refractivity contribution in [3.05, 3.63) is 0 Å². The fraction of sp³-hybridized carbons (Fsp3) is 0.944. The van der Waals surface area contributed by atoms with E-state index in [4.69, 9.17) is 37.0 Å². The summed E-state index contributed by atoms with van der Waals surface area (Å²) < 4.78 is 68.3. The second-order valence-electron chi connectivity index (χ2n) is 25.6. The highest BCUT2D eigenvalue weighted by Crippen LogP contribution is 2.45. The number of hydrogen-bond donors (Lipinski definition) is 3. The zero-order valence-corrected chi connectivity index (χ0v) is 59.9. The van der Waals surface area contributed by atoms with Crippen LogP contribution in [0.4, 0.5) is 0 Å². The fourth-order valence-electron chi connectivity index (χ4n) is 10.9.